The Morgan fingerprint density at radius 1 is 0.958 bits per heavy atom. The van der Waals surface area contributed by atoms with Crippen LogP contribution in [0.2, 0.25) is 0 Å². The van der Waals surface area contributed by atoms with Crippen molar-refractivity contribution in [2.45, 2.75) is 13.0 Å². The van der Waals surface area contributed by atoms with Gasteiger partial charge in [0, 0.05) is 36.1 Å². The number of ether oxygens (including phenoxy) is 2. The van der Waals surface area contributed by atoms with Crippen LogP contribution in [0.4, 0.5) is 16.2 Å². The number of nitrogens with one attached hydrogen (secondary N) is 3. The molecule has 0 saturated heterocycles. The van der Waals surface area contributed by atoms with Crippen LogP contribution in [0, 0.1) is 0 Å². The van der Waals surface area contributed by atoms with E-state index >= 15 is 0 Å². The molecule has 2 aromatic rings. The minimum Gasteiger partial charge on any atom is -0.497 e. The first-order valence-electron chi connectivity index (χ1n) is 7.81. The summed E-state index contributed by atoms with van der Waals surface area (Å²) in [7, 11) is 3.14. The molecule has 1 heterocycles. The first-order valence-corrected chi connectivity index (χ1v) is 7.81. The van der Waals surface area contributed by atoms with Gasteiger partial charge in [-0.2, -0.15) is 0 Å². The van der Waals surface area contributed by atoms with E-state index in [1.165, 1.54) is 11.1 Å². The number of carbonyl (C=O) groups is 1. The first kappa shape index (κ1) is 16.1. The first-order chi connectivity index (χ1) is 11.7. The fourth-order valence-electron chi connectivity index (χ4n) is 2.73. The van der Waals surface area contributed by atoms with Crippen molar-refractivity contribution in [2.75, 3.05) is 31.4 Å². The average Bonchev–Trinajstić information content (AvgIpc) is 2.61. The maximum atomic E-state index is 12.2. The van der Waals surface area contributed by atoms with Gasteiger partial charge in [-0.05, 0) is 36.2 Å². The van der Waals surface area contributed by atoms with Crippen molar-refractivity contribution in [1.29, 1.82) is 0 Å². The number of carbonyl (C=O) groups excluding carboxylic acids is 1. The highest BCUT2D eigenvalue weighted by Gasteiger charge is 2.11. The molecule has 0 bridgehead atoms. The molecular weight excluding hydrogens is 306 g/mol. The maximum Gasteiger partial charge on any atom is 0.323 e. The molecule has 1 aliphatic heterocycles. The number of fused-ring (bicyclic) bond motifs is 1. The Bertz CT molecular complexity index is 724. The Kier molecular flexibility index (Phi) is 4.86. The van der Waals surface area contributed by atoms with E-state index < -0.39 is 0 Å². The molecule has 0 aromatic heterocycles. The zero-order valence-electron chi connectivity index (χ0n) is 13.8. The van der Waals surface area contributed by atoms with Gasteiger partial charge < -0.3 is 25.4 Å². The minimum absolute atomic E-state index is 0.306. The lowest BCUT2D eigenvalue weighted by atomic mass is 10.0. The smallest absolute Gasteiger partial charge is 0.323 e. The monoisotopic (exact) mass is 327 g/mol. The lowest BCUT2D eigenvalue weighted by Crippen LogP contribution is -2.24. The third-order valence-electron chi connectivity index (χ3n) is 3.96. The van der Waals surface area contributed by atoms with Gasteiger partial charge in [-0.25, -0.2) is 4.79 Å². The predicted octanol–water partition coefficient (Wildman–Crippen LogP) is 2.99. The van der Waals surface area contributed by atoms with Gasteiger partial charge in [-0.15, -0.1) is 0 Å². The van der Waals surface area contributed by atoms with Crippen molar-refractivity contribution in [1.82, 2.24) is 5.32 Å². The second-order valence-electron chi connectivity index (χ2n) is 5.59. The number of urea groups is 1. The molecular formula is C18H21N3O3. The van der Waals surface area contributed by atoms with Crippen LogP contribution in [0.15, 0.2) is 36.4 Å². The summed E-state index contributed by atoms with van der Waals surface area (Å²) in [4.78, 5) is 12.2. The lowest BCUT2D eigenvalue weighted by Gasteiger charge is -2.18. The van der Waals surface area contributed by atoms with Crippen LogP contribution in [-0.2, 0) is 13.0 Å². The normalized spacial score (nSPS) is 12.9. The van der Waals surface area contributed by atoms with Crippen LogP contribution < -0.4 is 25.4 Å². The molecule has 0 radical (unpaired) electrons. The second-order valence-corrected chi connectivity index (χ2v) is 5.59. The molecule has 1 aliphatic rings. The Labute approximate surface area is 141 Å². The molecule has 126 valence electrons. The van der Waals surface area contributed by atoms with Crippen LogP contribution in [0.1, 0.15) is 11.1 Å². The van der Waals surface area contributed by atoms with Crippen molar-refractivity contribution in [2.24, 2.45) is 0 Å². The molecule has 24 heavy (non-hydrogen) atoms. The molecule has 0 spiro atoms. The SMILES string of the molecule is COc1cc(NC(=O)Nc2ccc3c(c2)CCNC3)cc(OC)c1. The van der Waals surface area contributed by atoms with Crippen LogP contribution in [-0.4, -0.2) is 26.8 Å². The van der Waals surface area contributed by atoms with Gasteiger partial charge in [-0.3, -0.25) is 0 Å². The molecule has 0 aliphatic carbocycles. The molecule has 3 N–H and O–H groups in total. The zero-order chi connectivity index (χ0) is 16.9. The molecule has 0 saturated carbocycles. The van der Waals surface area contributed by atoms with Crippen LogP contribution in [0.3, 0.4) is 0 Å². The summed E-state index contributed by atoms with van der Waals surface area (Å²) in [5, 5.41) is 8.99. The number of rotatable bonds is 4. The van der Waals surface area contributed by atoms with Gasteiger partial charge in [0.25, 0.3) is 0 Å². The summed E-state index contributed by atoms with van der Waals surface area (Å²) in [5.74, 6) is 1.23. The van der Waals surface area contributed by atoms with Crippen LogP contribution in [0.25, 0.3) is 0 Å². The van der Waals surface area contributed by atoms with Crippen molar-refractivity contribution in [3.05, 3.63) is 47.5 Å². The van der Waals surface area contributed by atoms with Crippen molar-refractivity contribution >= 4 is 17.4 Å². The van der Waals surface area contributed by atoms with E-state index in [1.807, 2.05) is 18.2 Å². The Morgan fingerprint density at radius 3 is 2.38 bits per heavy atom. The highest BCUT2D eigenvalue weighted by atomic mass is 16.5. The number of hydrogen-bond acceptors (Lipinski definition) is 4. The van der Waals surface area contributed by atoms with E-state index in [0.717, 1.165) is 25.2 Å². The van der Waals surface area contributed by atoms with Gasteiger partial charge in [0.2, 0.25) is 0 Å². The van der Waals surface area contributed by atoms with E-state index in [0.29, 0.717) is 17.2 Å². The minimum atomic E-state index is -0.306. The fraction of sp³-hybridized carbons (Fsp3) is 0.278. The molecule has 0 fully saturated rings. The number of methoxy groups -OCH3 is 2. The molecule has 2 amide bonds. The predicted molar refractivity (Wildman–Crippen MR) is 94.0 cm³/mol. The highest BCUT2D eigenvalue weighted by Crippen LogP contribution is 2.26. The van der Waals surface area contributed by atoms with Gasteiger partial charge in [0.15, 0.2) is 0 Å². The zero-order valence-corrected chi connectivity index (χ0v) is 13.8. The highest BCUT2D eigenvalue weighted by molar-refractivity contribution is 6.00. The van der Waals surface area contributed by atoms with E-state index in [-0.39, 0.29) is 6.03 Å². The largest absolute Gasteiger partial charge is 0.497 e. The van der Waals surface area contributed by atoms with E-state index in [2.05, 4.69) is 16.0 Å². The van der Waals surface area contributed by atoms with Gasteiger partial charge in [-0.1, -0.05) is 6.07 Å². The summed E-state index contributed by atoms with van der Waals surface area (Å²) in [5.41, 5.74) is 3.94. The Hall–Kier alpha value is -2.73. The molecule has 6 heteroatoms. The Morgan fingerprint density at radius 2 is 1.67 bits per heavy atom. The van der Waals surface area contributed by atoms with E-state index in [9.17, 15) is 4.79 Å². The lowest BCUT2D eigenvalue weighted by molar-refractivity contribution is 0.262. The Balaban J connectivity index is 1.69. The quantitative estimate of drug-likeness (QED) is 0.807. The summed E-state index contributed by atoms with van der Waals surface area (Å²) < 4.78 is 10.4. The molecule has 0 atom stereocenters. The molecule has 2 aromatic carbocycles. The third kappa shape index (κ3) is 3.78. The number of amides is 2. The van der Waals surface area contributed by atoms with Crippen molar-refractivity contribution in [3.63, 3.8) is 0 Å². The summed E-state index contributed by atoms with van der Waals surface area (Å²) in [6.45, 7) is 1.84. The summed E-state index contributed by atoms with van der Waals surface area (Å²) in [6, 6.07) is 10.9. The van der Waals surface area contributed by atoms with Gasteiger partial charge in [0.1, 0.15) is 11.5 Å². The maximum absolute atomic E-state index is 12.2. The topological polar surface area (TPSA) is 71.6 Å². The van der Waals surface area contributed by atoms with Crippen LogP contribution in [0.5, 0.6) is 11.5 Å². The standard InChI is InChI=1S/C18H21N3O3/c1-23-16-8-15(9-17(10-16)24-2)21-18(22)20-14-4-3-13-11-19-6-5-12(13)7-14/h3-4,7-10,19H,5-6,11H2,1-2H3,(H2,20,21,22). The molecule has 3 rings (SSSR count). The molecule has 6 nitrogen and oxygen atoms in total. The summed E-state index contributed by atoms with van der Waals surface area (Å²) >= 11 is 0. The van der Waals surface area contributed by atoms with E-state index in [4.69, 9.17) is 9.47 Å². The summed E-state index contributed by atoms with van der Waals surface area (Å²) in [6.07, 6.45) is 0.972. The number of hydrogen-bond donors (Lipinski definition) is 3. The molecule has 0 unspecified atom stereocenters. The van der Waals surface area contributed by atoms with Crippen LogP contribution >= 0.6 is 0 Å². The van der Waals surface area contributed by atoms with E-state index in [1.54, 1.807) is 32.4 Å². The van der Waals surface area contributed by atoms with Crippen molar-refractivity contribution in [3.8, 4) is 11.5 Å². The van der Waals surface area contributed by atoms with Gasteiger partial charge in [0.05, 0.1) is 14.2 Å². The number of benzene rings is 2. The third-order valence-corrected chi connectivity index (χ3v) is 3.96. The average molecular weight is 327 g/mol. The fourth-order valence-corrected chi connectivity index (χ4v) is 2.73. The second kappa shape index (κ2) is 7.23. The van der Waals surface area contributed by atoms with Crippen molar-refractivity contribution < 1.29 is 14.3 Å². The van der Waals surface area contributed by atoms with Gasteiger partial charge >= 0.3 is 6.03 Å². The number of anilines is 2.